The summed E-state index contributed by atoms with van der Waals surface area (Å²) in [6.07, 6.45) is 2.91. The lowest BCUT2D eigenvalue weighted by Gasteiger charge is -2.18. The van der Waals surface area contributed by atoms with Gasteiger partial charge in [0.25, 0.3) is 0 Å². The zero-order chi connectivity index (χ0) is 8.22. The summed E-state index contributed by atoms with van der Waals surface area (Å²) in [5, 5.41) is 0. The maximum absolute atomic E-state index is 2.49. The average molecular weight is 152 g/mol. The molecule has 0 radical (unpaired) electrons. The van der Waals surface area contributed by atoms with E-state index in [1.807, 2.05) is 0 Å². The van der Waals surface area contributed by atoms with E-state index in [9.17, 15) is 0 Å². The van der Waals surface area contributed by atoms with Gasteiger partial charge in [0.2, 0.25) is 0 Å². The summed E-state index contributed by atoms with van der Waals surface area (Å²) in [6, 6.07) is 0. The number of rotatable bonds is 1. The summed E-state index contributed by atoms with van der Waals surface area (Å²) in [5.74, 6) is 4.17. The summed E-state index contributed by atoms with van der Waals surface area (Å²) >= 11 is 0. The fraction of sp³-hybridized carbons (Fsp3) is 1.00. The Morgan fingerprint density at radius 1 is 1.36 bits per heavy atom. The molecule has 5 atom stereocenters. The van der Waals surface area contributed by atoms with Gasteiger partial charge in [-0.25, -0.2) is 0 Å². The van der Waals surface area contributed by atoms with Gasteiger partial charge in [-0.1, -0.05) is 34.1 Å². The second-order valence-corrected chi connectivity index (χ2v) is 5.07. The second kappa shape index (κ2) is 2.02. The Labute approximate surface area is 70.4 Å². The minimum absolute atomic E-state index is 0.764. The molecule has 0 aromatic carbocycles. The Balaban J connectivity index is 2.14. The van der Waals surface area contributed by atoms with Crippen LogP contribution < -0.4 is 0 Å². The largest absolute Gasteiger partial charge is 0.0651 e. The van der Waals surface area contributed by atoms with Crippen LogP contribution in [0.3, 0.4) is 0 Å². The lowest BCUT2D eigenvalue weighted by molar-refractivity contribution is 0.318. The van der Waals surface area contributed by atoms with Gasteiger partial charge in [0.15, 0.2) is 0 Å². The van der Waals surface area contributed by atoms with Crippen LogP contribution in [0.15, 0.2) is 0 Å². The number of fused-ring (bicyclic) bond motifs is 1. The lowest BCUT2D eigenvalue weighted by atomic mass is 9.88. The summed E-state index contributed by atoms with van der Waals surface area (Å²) in [5.41, 5.74) is 0.764. The van der Waals surface area contributed by atoms with Crippen LogP contribution in [0.25, 0.3) is 0 Å². The highest BCUT2D eigenvalue weighted by atomic mass is 14.7. The van der Waals surface area contributed by atoms with Crippen LogP contribution in [0.5, 0.6) is 0 Å². The molecular formula is C11H20. The average Bonchev–Trinajstić information content (AvgIpc) is 2.39. The Bertz CT molecular complexity index is 173. The van der Waals surface area contributed by atoms with Crippen molar-refractivity contribution in [1.29, 1.82) is 0 Å². The van der Waals surface area contributed by atoms with E-state index in [4.69, 9.17) is 0 Å². The van der Waals surface area contributed by atoms with Crippen molar-refractivity contribution in [1.82, 2.24) is 0 Å². The van der Waals surface area contributed by atoms with Crippen molar-refractivity contribution in [3.05, 3.63) is 0 Å². The van der Waals surface area contributed by atoms with Gasteiger partial charge in [0, 0.05) is 0 Å². The van der Waals surface area contributed by atoms with Crippen molar-refractivity contribution in [2.24, 2.45) is 29.1 Å². The molecule has 0 amide bonds. The smallest absolute Gasteiger partial charge is 0.0261 e. The van der Waals surface area contributed by atoms with Crippen LogP contribution in [0.4, 0.5) is 0 Å². The third-order valence-corrected chi connectivity index (χ3v) is 4.66. The molecule has 0 spiro atoms. The van der Waals surface area contributed by atoms with Crippen LogP contribution in [-0.4, -0.2) is 0 Å². The first kappa shape index (κ1) is 7.64. The van der Waals surface area contributed by atoms with E-state index < -0.39 is 0 Å². The predicted octanol–water partition coefficient (Wildman–Crippen LogP) is 3.32. The molecule has 11 heavy (non-hydrogen) atoms. The van der Waals surface area contributed by atoms with Crippen molar-refractivity contribution in [3.63, 3.8) is 0 Å². The van der Waals surface area contributed by atoms with Gasteiger partial charge >= 0.3 is 0 Å². The minimum Gasteiger partial charge on any atom is -0.0651 e. The minimum atomic E-state index is 0.764. The van der Waals surface area contributed by atoms with E-state index in [1.54, 1.807) is 0 Å². The van der Waals surface area contributed by atoms with E-state index in [-0.39, 0.29) is 0 Å². The van der Waals surface area contributed by atoms with Crippen LogP contribution in [-0.2, 0) is 0 Å². The normalized spacial score (nSPS) is 61.1. The maximum Gasteiger partial charge on any atom is -0.0261 e. The van der Waals surface area contributed by atoms with Gasteiger partial charge in [0.1, 0.15) is 0 Å². The van der Waals surface area contributed by atoms with Gasteiger partial charge < -0.3 is 0 Å². The molecule has 0 heterocycles. The van der Waals surface area contributed by atoms with Gasteiger partial charge in [-0.15, -0.1) is 0 Å². The summed E-state index contributed by atoms with van der Waals surface area (Å²) in [4.78, 5) is 0. The first-order chi connectivity index (χ1) is 5.11. The highest BCUT2D eigenvalue weighted by molar-refractivity contribution is 5.14. The van der Waals surface area contributed by atoms with Crippen molar-refractivity contribution in [3.8, 4) is 0 Å². The molecule has 2 rings (SSSR count). The lowest BCUT2D eigenvalue weighted by Crippen LogP contribution is -2.09. The molecule has 0 saturated heterocycles. The monoisotopic (exact) mass is 152 g/mol. The Kier molecular flexibility index (Phi) is 1.41. The van der Waals surface area contributed by atoms with Crippen LogP contribution in [0.2, 0.25) is 0 Å². The van der Waals surface area contributed by atoms with Crippen LogP contribution >= 0.6 is 0 Å². The standard InChI is InChI=1S/C11H20/c1-5-9-7(2)6-11(4)8(3)10(9)11/h7-10H,5-6H2,1-4H3. The zero-order valence-electron chi connectivity index (χ0n) is 8.22. The van der Waals surface area contributed by atoms with E-state index in [0.29, 0.717) is 0 Å². The molecule has 64 valence electrons. The van der Waals surface area contributed by atoms with Gasteiger partial charge in [-0.05, 0) is 35.5 Å². The first-order valence-electron chi connectivity index (χ1n) is 5.11. The molecule has 0 nitrogen and oxygen atoms in total. The second-order valence-electron chi connectivity index (χ2n) is 5.07. The topological polar surface area (TPSA) is 0 Å². The third-order valence-electron chi connectivity index (χ3n) is 4.66. The summed E-state index contributed by atoms with van der Waals surface area (Å²) < 4.78 is 0. The Hall–Kier alpha value is 0. The Morgan fingerprint density at radius 2 is 2.00 bits per heavy atom. The molecule has 0 aromatic heterocycles. The zero-order valence-corrected chi connectivity index (χ0v) is 8.22. The van der Waals surface area contributed by atoms with E-state index >= 15 is 0 Å². The SMILES string of the molecule is CCC1C(C)CC2(C)C(C)C12. The summed E-state index contributed by atoms with van der Waals surface area (Å²) in [6.45, 7) is 9.74. The molecule has 0 heteroatoms. The fourth-order valence-corrected chi connectivity index (χ4v) is 3.88. The van der Waals surface area contributed by atoms with E-state index in [0.717, 1.165) is 29.1 Å². The van der Waals surface area contributed by atoms with Crippen molar-refractivity contribution in [2.75, 3.05) is 0 Å². The van der Waals surface area contributed by atoms with Gasteiger partial charge in [0.05, 0.1) is 0 Å². The number of hydrogen-bond donors (Lipinski definition) is 0. The molecule has 0 bridgehead atoms. The first-order valence-corrected chi connectivity index (χ1v) is 5.11. The van der Waals surface area contributed by atoms with Crippen molar-refractivity contribution < 1.29 is 0 Å². The summed E-state index contributed by atoms with van der Waals surface area (Å²) in [7, 11) is 0. The van der Waals surface area contributed by atoms with Crippen molar-refractivity contribution >= 4 is 0 Å². The molecule has 0 aromatic rings. The van der Waals surface area contributed by atoms with E-state index in [2.05, 4.69) is 27.7 Å². The predicted molar refractivity (Wildman–Crippen MR) is 48.3 cm³/mol. The van der Waals surface area contributed by atoms with Gasteiger partial charge in [-0.2, -0.15) is 0 Å². The van der Waals surface area contributed by atoms with Gasteiger partial charge in [-0.3, -0.25) is 0 Å². The Morgan fingerprint density at radius 3 is 2.36 bits per heavy atom. The molecule has 2 fully saturated rings. The highest BCUT2D eigenvalue weighted by Crippen LogP contribution is 2.72. The quantitative estimate of drug-likeness (QED) is 0.540. The number of hydrogen-bond acceptors (Lipinski definition) is 0. The molecule has 0 N–H and O–H groups in total. The highest BCUT2D eigenvalue weighted by Gasteiger charge is 2.66. The molecule has 5 unspecified atom stereocenters. The molecule has 2 saturated carbocycles. The van der Waals surface area contributed by atoms with Crippen LogP contribution in [0.1, 0.15) is 40.5 Å². The molecule has 0 aliphatic heterocycles. The third kappa shape index (κ3) is 0.761. The van der Waals surface area contributed by atoms with Crippen LogP contribution in [0, 0.1) is 29.1 Å². The molecule has 2 aliphatic carbocycles. The maximum atomic E-state index is 2.49. The van der Waals surface area contributed by atoms with E-state index in [1.165, 1.54) is 12.8 Å². The van der Waals surface area contributed by atoms with Crippen molar-refractivity contribution in [2.45, 2.75) is 40.5 Å². The molecular weight excluding hydrogens is 132 g/mol. The fourth-order valence-electron chi connectivity index (χ4n) is 3.88. The molecule has 2 aliphatic rings.